The normalized spacial score (nSPS) is 15.8. The van der Waals surface area contributed by atoms with Crippen LogP contribution >= 0.6 is 12.2 Å². The van der Waals surface area contributed by atoms with Gasteiger partial charge in [0.2, 0.25) is 0 Å². The molecule has 144 valence electrons. The van der Waals surface area contributed by atoms with Crippen molar-refractivity contribution in [1.82, 2.24) is 9.88 Å². The SMILES string of the molecule is C=CCn1cc(/C=C2/C(=O)NC(=S)N(c3ccccc3F)C2=O)c2ccccc21. The van der Waals surface area contributed by atoms with E-state index in [0.717, 1.165) is 15.8 Å². The molecule has 0 atom stereocenters. The summed E-state index contributed by atoms with van der Waals surface area (Å²) >= 11 is 5.12. The van der Waals surface area contributed by atoms with E-state index in [9.17, 15) is 14.0 Å². The summed E-state index contributed by atoms with van der Waals surface area (Å²) in [6.07, 6.45) is 5.12. The van der Waals surface area contributed by atoms with Gasteiger partial charge >= 0.3 is 0 Å². The molecule has 2 aromatic carbocycles. The quantitative estimate of drug-likeness (QED) is 0.311. The summed E-state index contributed by atoms with van der Waals surface area (Å²) in [5, 5.41) is 3.20. The molecule has 0 bridgehead atoms. The lowest BCUT2D eigenvalue weighted by molar-refractivity contribution is -0.122. The Kier molecular flexibility index (Phi) is 4.82. The lowest BCUT2D eigenvalue weighted by Gasteiger charge is -2.29. The number of para-hydroxylation sites is 2. The fourth-order valence-corrected chi connectivity index (χ4v) is 3.62. The van der Waals surface area contributed by atoms with E-state index in [2.05, 4.69) is 11.9 Å². The highest BCUT2D eigenvalue weighted by molar-refractivity contribution is 7.80. The van der Waals surface area contributed by atoms with E-state index in [1.165, 1.54) is 24.3 Å². The van der Waals surface area contributed by atoms with Crippen LogP contribution in [0.4, 0.5) is 10.1 Å². The number of rotatable bonds is 4. The first kappa shape index (κ1) is 18.8. The Morgan fingerprint density at radius 3 is 2.59 bits per heavy atom. The Morgan fingerprint density at radius 2 is 1.83 bits per heavy atom. The van der Waals surface area contributed by atoms with E-state index in [4.69, 9.17) is 12.2 Å². The lowest BCUT2D eigenvalue weighted by Crippen LogP contribution is -2.54. The van der Waals surface area contributed by atoms with Crippen molar-refractivity contribution in [3.05, 3.63) is 84.3 Å². The van der Waals surface area contributed by atoms with Crippen LogP contribution in [0.15, 0.2) is 73.0 Å². The van der Waals surface area contributed by atoms with Crippen LogP contribution in [0.5, 0.6) is 0 Å². The largest absolute Gasteiger partial charge is 0.343 e. The molecule has 1 N–H and O–H groups in total. The molecule has 1 aliphatic rings. The predicted molar refractivity (Wildman–Crippen MR) is 115 cm³/mol. The van der Waals surface area contributed by atoms with Crippen molar-refractivity contribution >= 4 is 51.8 Å². The van der Waals surface area contributed by atoms with Gasteiger partial charge in [0.15, 0.2) is 5.11 Å². The number of carbonyl (C=O) groups excluding carboxylic acids is 2. The smallest absolute Gasteiger partial charge is 0.270 e. The third-order valence-electron chi connectivity index (χ3n) is 4.64. The Hall–Kier alpha value is -3.58. The van der Waals surface area contributed by atoms with Gasteiger partial charge in [-0.05, 0) is 36.5 Å². The van der Waals surface area contributed by atoms with Gasteiger partial charge in [0.25, 0.3) is 11.8 Å². The first-order valence-corrected chi connectivity index (χ1v) is 9.27. The van der Waals surface area contributed by atoms with Gasteiger partial charge in [0.05, 0.1) is 5.69 Å². The second-order valence-corrected chi connectivity index (χ2v) is 6.84. The summed E-state index contributed by atoms with van der Waals surface area (Å²) in [7, 11) is 0. The Labute approximate surface area is 171 Å². The number of halogens is 1. The summed E-state index contributed by atoms with van der Waals surface area (Å²) in [6, 6.07) is 13.4. The van der Waals surface area contributed by atoms with Gasteiger partial charge in [0.1, 0.15) is 11.4 Å². The highest BCUT2D eigenvalue weighted by Crippen LogP contribution is 2.27. The second kappa shape index (κ2) is 7.44. The molecular weight excluding hydrogens is 389 g/mol. The van der Waals surface area contributed by atoms with Gasteiger partial charge in [-0.15, -0.1) is 6.58 Å². The van der Waals surface area contributed by atoms with Crippen LogP contribution in [0.3, 0.4) is 0 Å². The van der Waals surface area contributed by atoms with Crippen LogP contribution in [0.1, 0.15) is 5.56 Å². The predicted octanol–water partition coefficient (Wildman–Crippen LogP) is 3.80. The molecule has 0 aliphatic carbocycles. The highest BCUT2D eigenvalue weighted by Gasteiger charge is 2.35. The Balaban J connectivity index is 1.83. The molecule has 3 aromatic rings. The topological polar surface area (TPSA) is 54.3 Å². The maximum atomic E-state index is 14.3. The monoisotopic (exact) mass is 405 g/mol. The van der Waals surface area contributed by atoms with Crippen LogP contribution in [0, 0.1) is 5.82 Å². The average molecular weight is 405 g/mol. The molecule has 2 amide bonds. The van der Waals surface area contributed by atoms with Crippen molar-refractivity contribution in [3.8, 4) is 0 Å². The van der Waals surface area contributed by atoms with Crippen LogP contribution < -0.4 is 10.2 Å². The maximum absolute atomic E-state index is 14.3. The number of hydrogen-bond donors (Lipinski definition) is 1. The average Bonchev–Trinajstić information content (AvgIpc) is 3.04. The van der Waals surface area contributed by atoms with Crippen molar-refractivity contribution in [2.45, 2.75) is 6.54 Å². The Bertz CT molecular complexity index is 1210. The van der Waals surface area contributed by atoms with Crippen LogP contribution in [0.2, 0.25) is 0 Å². The number of nitrogens with zero attached hydrogens (tertiary/aromatic N) is 2. The van der Waals surface area contributed by atoms with E-state index in [1.807, 2.05) is 35.0 Å². The zero-order valence-corrected chi connectivity index (χ0v) is 16.1. The van der Waals surface area contributed by atoms with Crippen molar-refractivity contribution in [2.24, 2.45) is 0 Å². The number of aromatic nitrogens is 1. The van der Waals surface area contributed by atoms with Gasteiger partial charge in [-0.2, -0.15) is 0 Å². The zero-order chi connectivity index (χ0) is 20.5. The summed E-state index contributed by atoms with van der Waals surface area (Å²) in [5.41, 5.74) is 1.51. The number of amides is 2. The van der Waals surface area contributed by atoms with Crippen LogP contribution in [-0.2, 0) is 16.1 Å². The van der Waals surface area contributed by atoms with Gasteiger partial charge in [-0.25, -0.2) is 9.29 Å². The summed E-state index contributed by atoms with van der Waals surface area (Å²) in [4.78, 5) is 26.6. The van der Waals surface area contributed by atoms with Crippen molar-refractivity contribution < 1.29 is 14.0 Å². The number of fused-ring (bicyclic) bond motifs is 1. The highest BCUT2D eigenvalue weighted by atomic mass is 32.1. The van der Waals surface area contributed by atoms with Crippen molar-refractivity contribution in [2.75, 3.05) is 4.90 Å². The molecule has 1 aromatic heterocycles. The zero-order valence-electron chi connectivity index (χ0n) is 15.3. The fourth-order valence-electron chi connectivity index (χ4n) is 3.35. The van der Waals surface area contributed by atoms with E-state index >= 15 is 0 Å². The molecule has 1 aliphatic heterocycles. The molecule has 0 spiro atoms. The van der Waals surface area contributed by atoms with Gasteiger partial charge in [0, 0.05) is 29.2 Å². The first-order valence-electron chi connectivity index (χ1n) is 8.86. The molecule has 0 unspecified atom stereocenters. The van der Waals surface area contributed by atoms with E-state index in [1.54, 1.807) is 12.1 Å². The Morgan fingerprint density at radius 1 is 1.10 bits per heavy atom. The molecule has 0 saturated carbocycles. The van der Waals surface area contributed by atoms with Crippen molar-refractivity contribution in [3.63, 3.8) is 0 Å². The minimum Gasteiger partial charge on any atom is -0.343 e. The number of nitrogens with one attached hydrogen (secondary N) is 1. The molecule has 0 radical (unpaired) electrons. The molecule has 5 nitrogen and oxygen atoms in total. The van der Waals surface area contributed by atoms with E-state index in [0.29, 0.717) is 12.1 Å². The third kappa shape index (κ3) is 3.25. The third-order valence-corrected chi connectivity index (χ3v) is 4.92. The minimum absolute atomic E-state index is 0.0116. The fraction of sp³-hybridized carbons (Fsp3) is 0.0455. The number of allylic oxidation sites excluding steroid dienone is 1. The van der Waals surface area contributed by atoms with Gasteiger partial charge < -0.3 is 4.57 Å². The molecule has 1 fully saturated rings. The number of carbonyl (C=O) groups is 2. The van der Waals surface area contributed by atoms with E-state index in [-0.39, 0.29) is 16.4 Å². The van der Waals surface area contributed by atoms with Gasteiger partial charge in [-0.1, -0.05) is 36.4 Å². The summed E-state index contributed by atoms with van der Waals surface area (Å²) in [6.45, 7) is 4.34. The maximum Gasteiger partial charge on any atom is 0.270 e. The number of benzene rings is 2. The van der Waals surface area contributed by atoms with Crippen LogP contribution in [-0.4, -0.2) is 21.5 Å². The standard InChI is InChI=1S/C22H16FN3O2S/c1-2-11-25-13-14(15-7-3-5-9-18(15)25)12-16-20(27)24-22(29)26(21(16)28)19-10-6-4-8-17(19)23/h2-10,12-13H,1,11H2,(H,24,27,29)/b16-12-. The van der Waals surface area contributed by atoms with Gasteiger partial charge in [-0.3, -0.25) is 14.9 Å². The second-order valence-electron chi connectivity index (χ2n) is 6.45. The molecule has 29 heavy (non-hydrogen) atoms. The molecule has 2 heterocycles. The number of anilines is 1. The molecule has 7 heteroatoms. The molecule has 4 rings (SSSR count). The minimum atomic E-state index is -0.676. The number of thiocarbonyl (C=S) groups is 1. The van der Waals surface area contributed by atoms with Crippen LogP contribution in [0.25, 0.3) is 17.0 Å². The first-order chi connectivity index (χ1) is 14.0. The van der Waals surface area contributed by atoms with Crippen molar-refractivity contribution in [1.29, 1.82) is 0 Å². The summed E-state index contributed by atoms with van der Waals surface area (Å²) in [5.74, 6) is -1.90. The number of hydrogen-bond acceptors (Lipinski definition) is 3. The van der Waals surface area contributed by atoms with E-state index < -0.39 is 17.6 Å². The summed E-state index contributed by atoms with van der Waals surface area (Å²) < 4.78 is 16.2. The lowest BCUT2D eigenvalue weighted by atomic mass is 10.1. The molecule has 1 saturated heterocycles. The molecular formula is C22H16FN3O2S.